The fourth-order valence-electron chi connectivity index (χ4n) is 1.55. The van der Waals surface area contributed by atoms with Gasteiger partial charge in [0.05, 0.1) is 20.8 Å². The number of methoxy groups -OCH3 is 2. The van der Waals surface area contributed by atoms with E-state index in [2.05, 4.69) is 12.2 Å². The van der Waals surface area contributed by atoms with E-state index in [9.17, 15) is 0 Å². The van der Waals surface area contributed by atoms with Crippen LogP contribution in [-0.4, -0.2) is 33.5 Å². The normalized spacial score (nSPS) is 12.0. The van der Waals surface area contributed by atoms with Gasteiger partial charge in [0.2, 0.25) is 0 Å². The molecule has 1 rings (SSSR count). The number of ether oxygens (including phenoxy) is 3. The average molecular weight is 239 g/mol. The number of benzene rings is 1. The van der Waals surface area contributed by atoms with Crippen LogP contribution in [0.5, 0.6) is 11.5 Å². The third-order valence-corrected chi connectivity index (χ3v) is 2.37. The molecular formula is C13H21NO3. The van der Waals surface area contributed by atoms with E-state index < -0.39 is 0 Å². The molecule has 0 bridgehead atoms. The molecule has 1 unspecified atom stereocenters. The molecular weight excluding hydrogens is 218 g/mol. The van der Waals surface area contributed by atoms with Crippen molar-refractivity contribution in [2.45, 2.75) is 19.9 Å². The fourth-order valence-corrected chi connectivity index (χ4v) is 1.55. The Balaban J connectivity index is 2.65. The molecule has 0 saturated heterocycles. The lowest BCUT2D eigenvalue weighted by atomic mass is 10.2. The molecule has 0 aliphatic carbocycles. The van der Waals surface area contributed by atoms with Crippen molar-refractivity contribution < 1.29 is 14.2 Å². The predicted octanol–water partition coefficient (Wildman–Crippen LogP) is 2.54. The van der Waals surface area contributed by atoms with Gasteiger partial charge in [-0.2, -0.15) is 0 Å². The third-order valence-electron chi connectivity index (χ3n) is 2.37. The van der Waals surface area contributed by atoms with Gasteiger partial charge in [0.15, 0.2) is 11.5 Å². The summed E-state index contributed by atoms with van der Waals surface area (Å²) in [4.78, 5) is 0. The van der Waals surface area contributed by atoms with E-state index in [-0.39, 0.29) is 6.04 Å². The minimum atomic E-state index is 0.257. The summed E-state index contributed by atoms with van der Waals surface area (Å²) in [6.07, 6.45) is 0. The van der Waals surface area contributed by atoms with E-state index in [0.29, 0.717) is 6.61 Å². The number of nitrogens with one attached hydrogen (secondary N) is 1. The highest BCUT2D eigenvalue weighted by molar-refractivity contribution is 5.55. The average Bonchev–Trinajstić information content (AvgIpc) is 2.36. The Morgan fingerprint density at radius 1 is 1.18 bits per heavy atom. The van der Waals surface area contributed by atoms with Crippen LogP contribution in [0.4, 0.5) is 5.69 Å². The standard InChI is InChI=1S/C13H21NO3/c1-5-17-9-10(2)14-11-6-7-12(15-3)13(8-11)16-4/h6-8,10,14H,5,9H2,1-4H3. The van der Waals surface area contributed by atoms with E-state index in [4.69, 9.17) is 14.2 Å². The van der Waals surface area contributed by atoms with Crippen LogP contribution in [0.1, 0.15) is 13.8 Å². The maximum Gasteiger partial charge on any atom is 0.162 e. The highest BCUT2D eigenvalue weighted by Crippen LogP contribution is 2.29. The van der Waals surface area contributed by atoms with Gasteiger partial charge >= 0.3 is 0 Å². The van der Waals surface area contributed by atoms with Gasteiger partial charge in [0.1, 0.15) is 0 Å². The zero-order chi connectivity index (χ0) is 12.7. The number of hydrogen-bond acceptors (Lipinski definition) is 4. The van der Waals surface area contributed by atoms with Crippen LogP contribution in [0.2, 0.25) is 0 Å². The first kappa shape index (κ1) is 13.6. The first-order valence-corrected chi connectivity index (χ1v) is 5.77. The Morgan fingerprint density at radius 2 is 1.88 bits per heavy atom. The molecule has 4 nitrogen and oxygen atoms in total. The first-order valence-electron chi connectivity index (χ1n) is 5.77. The monoisotopic (exact) mass is 239 g/mol. The highest BCUT2D eigenvalue weighted by atomic mass is 16.5. The van der Waals surface area contributed by atoms with Crippen LogP contribution < -0.4 is 14.8 Å². The van der Waals surface area contributed by atoms with Gasteiger partial charge in [-0.1, -0.05) is 0 Å². The van der Waals surface area contributed by atoms with E-state index >= 15 is 0 Å². The Hall–Kier alpha value is -1.42. The largest absolute Gasteiger partial charge is 0.493 e. The van der Waals surface area contributed by atoms with Gasteiger partial charge in [-0.15, -0.1) is 0 Å². The van der Waals surface area contributed by atoms with Gasteiger partial charge in [-0.05, 0) is 26.0 Å². The number of rotatable bonds is 7. The molecule has 1 N–H and O–H groups in total. The predicted molar refractivity (Wildman–Crippen MR) is 69.1 cm³/mol. The van der Waals surface area contributed by atoms with Gasteiger partial charge in [0.25, 0.3) is 0 Å². The summed E-state index contributed by atoms with van der Waals surface area (Å²) in [6, 6.07) is 6.02. The zero-order valence-electron chi connectivity index (χ0n) is 10.9. The second kappa shape index (κ2) is 7.01. The van der Waals surface area contributed by atoms with Gasteiger partial charge in [0, 0.05) is 24.4 Å². The fraction of sp³-hybridized carbons (Fsp3) is 0.538. The highest BCUT2D eigenvalue weighted by Gasteiger charge is 2.06. The molecule has 1 aromatic carbocycles. The molecule has 0 aliphatic heterocycles. The molecule has 1 aromatic rings. The molecule has 0 heterocycles. The topological polar surface area (TPSA) is 39.7 Å². The molecule has 0 spiro atoms. The van der Waals surface area contributed by atoms with Crippen LogP contribution >= 0.6 is 0 Å². The summed E-state index contributed by atoms with van der Waals surface area (Å²) in [5.41, 5.74) is 0.995. The molecule has 96 valence electrons. The SMILES string of the molecule is CCOCC(C)Nc1ccc(OC)c(OC)c1. The Bertz CT molecular complexity index is 341. The van der Waals surface area contributed by atoms with Crippen LogP contribution in [-0.2, 0) is 4.74 Å². The third kappa shape index (κ3) is 4.15. The van der Waals surface area contributed by atoms with Crippen LogP contribution in [0.25, 0.3) is 0 Å². The van der Waals surface area contributed by atoms with Gasteiger partial charge in [-0.3, -0.25) is 0 Å². The van der Waals surface area contributed by atoms with E-state index in [1.165, 1.54) is 0 Å². The summed E-state index contributed by atoms with van der Waals surface area (Å²) in [6.45, 7) is 5.48. The quantitative estimate of drug-likeness (QED) is 0.793. The summed E-state index contributed by atoms with van der Waals surface area (Å²) < 4.78 is 15.8. The minimum Gasteiger partial charge on any atom is -0.493 e. The Kier molecular flexibility index (Phi) is 5.63. The second-order valence-corrected chi connectivity index (χ2v) is 3.77. The molecule has 0 aliphatic rings. The van der Waals surface area contributed by atoms with Crippen molar-refractivity contribution >= 4 is 5.69 Å². The minimum absolute atomic E-state index is 0.257. The van der Waals surface area contributed by atoms with Crippen LogP contribution in [0.3, 0.4) is 0 Å². The van der Waals surface area contributed by atoms with Crippen molar-refractivity contribution in [3.05, 3.63) is 18.2 Å². The lowest BCUT2D eigenvalue weighted by Crippen LogP contribution is -2.21. The first-order chi connectivity index (χ1) is 8.21. The molecule has 0 saturated carbocycles. The van der Waals surface area contributed by atoms with Crippen molar-refractivity contribution in [3.63, 3.8) is 0 Å². The van der Waals surface area contributed by atoms with E-state index in [1.807, 2.05) is 25.1 Å². The number of hydrogen-bond donors (Lipinski definition) is 1. The lowest BCUT2D eigenvalue weighted by molar-refractivity contribution is 0.141. The van der Waals surface area contributed by atoms with Crippen LogP contribution in [0, 0.1) is 0 Å². The van der Waals surface area contributed by atoms with Gasteiger partial charge in [-0.25, -0.2) is 0 Å². The summed E-state index contributed by atoms with van der Waals surface area (Å²) in [5, 5.41) is 3.34. The zero-order valence-corrected chi connectivity index (χ0v) is 10.9. The maximum absolute atomic E-state index is 5.35. The van der Waals surface area contributed by atoms with Gasteiger partial charge < -0.3 is 19.5 Å². The molecule has 17 heavy (non-hydrogen) atoms. The molecule has 0 aromatic heterocycles. The molecule has 1 atom stereocenters. The smallest absolute Gasteiger partial charge is 0.162 e. The summed E-state index contributed by atoms with van der Waals surface area (Å²) in [5.74, 6) is 1.46. The Labute approximate surface area is 103 Å². The number of anilines is 1. The summed E-state index contributed by atoms with van der Waals surface area (Å²) >= 11 is 0. The molecule has 0 radical (unpaired) electrons. The molecule has 0 amide bonds. The molecule has 0 fully saturated rings. The van der Waals surface area contributed by atoms with Crippen molar-refractivity contribution in [1.29, 1.82) is 0 Å². The second-order valence-electron chi connectivity index (χ2n) is 3.77. The van der Waals surface area contributed by atoms with E-state index in [1.54, 1.807) is 14.2 Å². The van der Waals surface area contributed by atoms with E-state index in [0.717, 1.165) is 23.8 Å². The summed E-state index contributed by atoms with van der Waals surface area (Å²) in [7, 11) is 3.26. The maximum atomic E-state index is 5.35. The van der Waals surface area contributed by atoms with Crippen LogP contribution in [0.15, 0.2) is 18.2 Å². The van der Waals surface area contributed by atoms with Crippen molar-refractivity contribution in [2.24, 2.45) is 0 Å². The molecule has 4 heteroatoms. The lowest BCUT2D eigenvalue weighted by Gasteiger charge is -2.16. The Morgan fingerprint density at radius 3 is 2.47 bits per heavy atom. The van der Waals surface area contributed by atoms with Crippen molar-refractivity contribution in [3.8, 4) is 11.5 Å². The van der Waals surface area contributed by atoms with Crippen molar-refractivity contribution in [2.75, 3.05) is 32.8 Å². The van der Waals surface area contributed by atoms with Crippen molar-refractivity contribution in [1.82, 2.24) is 0 Å².